The fourth-order valence-electron chi connectivity index (χ4n) is 1.92. The summed E-state index contributed by atoms with van der Waals surface area (Å²) >= 11 is 3.53. The number of benzene rings is 2. The predicted octanol–water partition coefficient (Wildman–Crippen LogP) is 3.43. The van der Waals surface area contributed by atoms with Gasteiger partial charge in [-0.2, -0.15) is 5.26 Å². The lowest BCUT2D eigenvalue weighted by Crippen LogP contribution is -2.12. The molecule has 2 aromatic rings. The van der Waals surface area contributed by atoms with Crippen LogP contribution >= 0.6 is 15.9 Å². The molecule has 0 bridgehead atoms. The van der Waals surface area contributed by atoms with Crippen molar-refractivity contribution < 1.29 is 4.79 Å². The standard InChI is InChI=1S/C17H13BrN2O/c18-16-4-2-1-3-14(16)9-12-5-7-13(8-6-12)10-15(11-19)17(20)21/h1-8,10H,9H2,(H2,20,21)/b15-10+. The molecule has 0 unspecified atom stereocenters. The van der Waals surface area contributed by atoms with Gasteiger partial charge in [0.25, 0.3) is 5.91 Å². The summed E-state index contributed by atoms with van der Waals surface area (Å²) in [5, 5.41) is 8.81. The number of hydrogen-bond acceptors (Lipinski definition) is 2. The van der Waals surface area contributed by atoms with Gasteiger partial charge in [0.2, 0.25) is 0 Å². The molecular weight excluding hydrogens is 328 g/mol. The molecule has 4 heteroatoms. The summed E-state index contributed by atoms with van der Waals surface area (Å²) in [6.45, 7) is 0. The van der Waals surface area contributed by atoms with E-state index in [1.807, 2.05) is 42.5 Å². The molecule has 3 nitrogen and oxygen atoms in total. The van der Waals surface area contributed by atoms with Crippen LogP contribution in [0.3, 0.4) is 0 Å². The number of nitriles is 1. The maximum Gasteiger partial charge on any atom is 0.259 e. The Morgan fingerprint density at radius 1 is 1.19 bits per heavy atom. The fourth-order valence-corrected chi connectivity index (χ4v) is 2.34. The summed E-state index contributed by atoms with van der Waals surface area (Å²) in [5.41, 5.74) is 8.19. The highest BCUT2D eigenvalue weighted by molar-refractivity contribution is 9.10. The monoisotopic (exact) mass is 340 g/mol. The minimum absolute atomic E-state index is 0.0476. The van der Waals surface area contributed by atoms with E-state index < -0.39 is 5.91 Å². The van der Waals surface area contributed by atoms with Crippen LogP contribution in [0.25, 0.3) is 6.08 Å². The molecule has 0 fully saturated rings. The van der Waals surface area contributed by atoms with Crippen molar-refractivity contribution in [3.05, 3.63) is 75.3 Å². The Bertz CT molecular complexity index is 727. The largest absolute Gasteiger partial charge is 0.365 e. The van der Waals surface area contributed by atoms with Gasteiger partial charge in [0, 0.05) is 4.47 Å². The maximum absolute atomic E-state index is 11.0. The molecule has 0 saturated heterocycles. The second-order valence-corrected chi connectivity index (χ2v) is 5.40. The Labute approximate surface area is 131 Å². The van der Waals surface area contributed by atoms with Crippen LogP contribution in [0.4, 0.5) is 0 Å². The average molecular weight is 341 g/mol. The van der Waals surface area contributed by atoms with Crippen molar-refractivity contribution in [2.24, 2.45) is 5.73 Å². The van der Waals surface area contributed by atoms with Crippen LogP contribution in [0.15, 0.2) is 58.6 Å². The van der Waals surface area contributed by atoms with E-state index in [-0.39, 0.29) is 5.57 Å². The van der Waals surface area contributed by atoms with Crippen LogP contribution in [0.5, 0.6) is 0 Å². The SMILES string of the molecule is N#C/C(=C\c1ccc(Cc2ccccc2Br)cc1)C(N)=O. The number of hydrogen-bond donors (Lipinski definition) is 1. The van der Waals surface area contributed by atoms with E-state index >= 15 is 0 Å². The molecule has 0 aliphatic rings. The van der Waals surface area contributed by atoms with Gasteiger partial charge in [0.05, 0.1) is 0 Å². The Balaban J connectivity index is 2.19. The first-order valence-electron chi connectivity index (χ1n) is 6.34. The molecule has 21 heavy (non-hydrogen) atoms. The molecule has 0 heterocycles. The molecule has 2 rings (SSSR count). The van der Waals surface area contributed by atoms with Crippen molar-refractivity contribution in [2.45, 2.75) is 6.42 Å². The number of halogens is 1. The molecule has 0 aliphatic heterocycles. The van der Waals surface area contributed by atoms with E-state index in [1.54, 1.807) is 6.07 Å². The minimum Gasteiger partial charge on any atom is -0.365 e. The third-order valence-electron chi connectivity index (χ3n) is 3.03. The smallest absolute Gasteiger partial charge is 0.259 e. The summed E-state index contributed by atoms with van der Waals surface area (Å²) in [4.78, 5) is 11.0. The molecule has 2 N–H and O–H groups in total. The molecule has 104 valence electrons. The second-order valence-electron chi connectivity index (χ2n) is 4.54. The molecule has 0 saturated carbocycles. The molecular formula is C17H13BrN2O. The van der Waals surface area contributed by atoms with E-state index in [9.17, 15) is 4.79 Å². The summed E-state index contributed by atoms with van der Waals surface area (Å²) in [6.07, 6.45) is 2.30. The van der Waals surface area contributed by atoms with Crippen molar-refractivity contribution >= 4 is 27.9 Å². The van der Waals surface area contributed by atoms with E-state index in [4.69, 9.17) is 11.0 Å². The van der Waals surface area contributed by atoms with Gasteiger partial charge in [-0.15, -0.1) is 0 Å². The highest BCUT2D eigenvalue weighted by atomic mass is 79.9. The lowest BCUT2D eigenvalue weighted by molar-refractivity contribution is -0.114. The first-order valence-corrected chi connectivity index (χ1v) is 7.13. The Hall–Kier alpha value is -2.38. The molecule has 1 amide bonds. The van der Waals surface area contributed by atoms with Crippen LogP contribution in [0.1, 0.15) is 16.7 Å². The van der Waals surface area contributed by atoms with Gasteiger partial charge in [-0.25, -0.2) is 0 Å². The van der Waals surface area contributed by atoms with E-state index in [0.29, 0.717) is 0 Å². The van der Waals surface area contributed by atoms with Gasteiger partial charge >= 0.3 is 0 Å². The third kappa shape index (κ3) is 4.04. The molecule has 0 aromatic heterocycles. The van der Waals surface area contributed by atoms with Gasteiger partial charge in [-0.05, 0) is 35.3 Å². The topological polar surface area (TPSA) is 66.9 Å². The number of nitrogens with zero attached hydrogens (tertiary/aromatic N) is 1. The first kappa shape index (κ1) is 15.0. The zero-order chi connectivity index (χ0) is 15.2. The molecule has 0 atom stereocenters. The molecule has 0 radical (unpaired) electrons. The van der Waals surface area contributed by atoms with Crippen LogP contribution in [-0.4, -0.2) is 5.91 Å². The van der Waals surface area contributed by atoms with Crippen LogP contribution in [-0.2, 0) is 11.2 Å². The lowest BCUT2D eigenvalue weighted by atomic mass is 10.0. The second kappa shape index (κ2) is 6.87. The van der Waals surface area contributed by atoms with Crippen molar-refractivity contribution in [2.75, 3.05) is 0 Å². The molecule has 2 aromatic carbocycles. The number of rotatable bonds is 4. The van der Waals surface area contributed by atoms with Gasteiger partial charge in [-0.3, -0.25) is 4.79 Å². The fraction of sp³-hybridized carbons (Fsp3) is 0.0588. The first-order chi connectivity index (χ1) is 10.1. The Morgan fingerprint density at radius 3 is 2.43 bits per heavy atom. The molecule has 0 aliphatic carbocycles. The average Bonchev–Trinajstić information content (AvgIpc) is 2.48. The third-order valence-corrected chi connectivity index (χ3v) is 3.80. The quantitative estimate of drug-likeness (QED) is 0.684. The van der Waals surface area contributed by atoms with Gasteiger partial charge in [-0.1, -0.05) is 58.4 Å². The predicted molar refractivity (Wildman–Crippen MR) is 86.2 cm³/mol. The summed E-state index contributed by atoms with van der Waals surface area (Å²) < 4.78 is 1.08. The zero-order valence-corrected chi connectivity index (χ0v) is 12.8. The maximum atomic E-state index is 11.0. The summed E-state index contributed by atoms with van der Waals surface area (Å²) in [5.74, 6) is -0.713. The van der Waals surface area contributed by atoms with Crippen molar-refractivity contribution in [1.82, 2.24) is 0 Å². The van der Waals surface area contributed by atoms with Crippen LogP contribution in [0.2, 0.25) is 0 Å². The van der Waals surface area contributed by atoms with Gasteiger partial charge in [0.1, 0.15) is 11.6 Å². The van der Waals surface area contributed by atoms with E-state index in [2.05, 4.69) is 22.0 Å². The van der Waals surface area contributed by atoms with Crippen molar-refractivity contribution in [3.8, 4) is 6.07 Å². The van der Waals surface area contributed by atoms with Crippen LogP contribution in [0, 0.1) is 11.3 Å². The number of carbonyl (C=O) groups is 1. The number of carbonyl (C=O) groups excluding carboxylic acids is 1. The van der Waals surface area contributed by atoms with E-state index in [1.165, 1.54) is 11.6 Å². The van der Waals surface area contributed by atoms with Gasteiger partial charge in [0.15, 0.2) is 0 Å². The van der Waals surface area contributed by atoms with Crippen molar-refractivity contribution in [3.63, 3.8) is 0 Å². The lowest BCUT2D eigenvalue weighted by Gasteiger charge is -2.05. The number of primary amides is 1. The van der Waals surface area contributed by atoms with Crippen LogP contribution < -0.4 is 5.73 Å². The summed E-state index contributed by atoms with van der Waals surface area (Å²) in [7, 11) is 0. The zero-order valence-electron chi connectivity index (χ0n) is 11.2. The van der Waals surface area contributed by atoms with Crippen molar-refractivity contribution in [1.29, 1.82) is 5.26 Å². The highest BCUT2D eigenvalue weighted by Gasteiger charge is 2.04. The normalized spacial score (nSPS) is 11.0. The van der Waals surface area contributed by atoms with E-state index in [0.717, 1.165) is 22.0 Å². The number of amides is 1. The minimum atomic E-state index is -0.713. The Kier molecular flexibility index (Phi) is 4.91. The summed E-state index contributed by atoms with van der Waals surface area (Å²) in [6, 6.07) is 17.5. The molecule has 0 spiro atoms. The number of nitrogens with two attached hydrogens (primary N) is 1. The Morgan fingerprint density at radius 2 is 1.86 bits per heavy atom. The highest BCUT2D eigenvalue weighted by Crippen LogP contribution is 2.20. The van der Waals surface area contributed by atoms with Gasteiger partial charge < -0.3 is 5.73 Å².